The molecule has 0 spiro atoms. The van der Waals surface area contributed by atoms with Gasteiger partial charge in [0, 0.05) is 37.9 Å². The van der Waals surface area contributed by atoms with Gasteiger partial charge in [-0.1, -0.05) is 0 Å². The molecule has 34 heavy (non-hydrogen) atoms. The minimum atomic E-state index is -5.17. The van der Waals surface area contributed by atoms with Crippen LogP contribution in [0, 0.1) is 11.6 Å². The van der Waals surface area contributed by atoms with Crippen LogP contribution in [0.4, 0.5) is 27.9 Å². The van der Waals surface area contributed by atoms with Crippen molar-refractivity contribution >= 4 is 27.0 Å². The number of halogens is 5. The molecule has 0 atom stereocenters. The number of benzene rings is 1. The molecule has 15 heteroatoms. The zero-order chi connectivity index (χ0) is 25.0. The Morgan fingerprint density at radius 1 is 1.18 bits per heavy atom. The molecular weight excluding hydrogens is 487 g/mol. The van der Waals surface area contributed by atoms with Crippen molar-refractivity contribution < 1.29 is 35.5 Å². The van der Waals surface area contributed by atoms with Crippen molar-refractivity contribution in [3.63, 3.8) is 0 Å². The van der Waals surface area contributed by atoms with Gasteiger partial charge in [0.05, 0.1) is 17.2 Å². The lowest BCUT2D eigenvalue weighted by Gasteiger charge is -2.31. The largest absolute Gasteiger partial charge is 0.503 e. The first kappa shape index (κ1) is 24.1. The zero-order valence-electron chi connectivity index (χ0n) is 17.9. The Kier molecular flexibility index (Phi) is 5.88. The first-order valence-corrected chi connectivity index (χ1v) is 11.9. The molecule has 9 nitrogen and oxygen atoms in total. The first-order valence-electron chi connectivity index (χ1n) is 9.96. The molecule has 0 aliphatic carbocycles. The number of aromatic nitrogens is 4. The van der Waals surface area contributed by atoms with Crippen molar-refractivity contribution in [1.82, 2.24) is 24.5 Å². The highest BCUT2D eigenvalue weighted by molar-refractivity contribution is 7.88. The molecule has 1 aliphatic heterocycles. The number of piperidine rings is 1. The zero-order valence-corrected chi connectivity index (χ0v) is 18.7. The van der Waals surface area contributed by atoms with Crippen LogP contribution in [0.2, 0.25) is 0 Å². The molecule has 0 bridgehead atoms. The lowest BCUT2D eigenvalue weighted by atomic mass is 10.0. The molecule has 1 fully saturated rings. The summed E-state index contributed by atoms with van der Waals surface area (Å²) in [5, 5.41) is 13.7. The molecule has 184 valence electrons. The van der Waals surface area contributed by atoms with E-state index in [0.717, 1.165) is 6.26 Å². The number of alkyl halides is 3. The van der Waals surface area contributed by atoms with E-state index in [9.17, 15) is 35.5 Å². The van der Waals surface area contributed by atoms with Gasteiger partial charge in [-0.15, -0.1) is 0 Å². The molecule has 1 aromatic carbocycles. The van der Waals surface area contributed by atoms with Gasteiger partial charge in [-0.3, -0.25) is 0 Å². The van der Waals surface area contributed by atoms with Crippen LogP contribution < -0.4 is 9.62 Å². The van der Waals surface area contributed by atoms with Gasteiger partial charge < -0.3 is 10.0 Å². The second-order valence-electron chi connectivity index (χ2n) is 7.98. The maximum absolute atomic E-state index is 14.6. The summed E-state index contributed by atoms with van der Waals surface area (Å²) in [5.74, 6) is -5.18. The fraction of sp³-hybridized carbons (Fsp3) is 0.421. The molecule has 3 aromatic rings. The third kappa shape index (κ3) is 4.49. The number of phenolic OH excluding ortho intramolecular Hbond substituents is 1. The van der Waals surface area contributed by atoms with Crippen molar-refractivity contribution in [2.45, 2.75) is 25.1 Å². The van der Waals surface area contributed by atoms with E-state index in [1.807, 2.05) is 0 Å². The summed E-state index contributed by atoms with van der Waals surface area (Å²) in [6, 6.07) is 0.0230. The standard InChI is InChI=1S/C19H19F5N6O3S/c1-29-17-11(8-25-18(26-17)30-5-3-9(4-6-30)28-34(2,32)33)15(27-29)10-7-12(19(22,23)24)14(21)16(31)13(10)20/h7-9,28,31H,3-6H2,1-2H3. The number of phenols is 1. The maximum atomic E-state index is 14.6. The highest BCUT2D eigenvalue weighted by atomic mass is 32.2. The average molecular weight is 506 g/mol. The quantitative estimate of drug-likeness (QED) is 0.523. The van der Waals surface area contributed by atoms with Crippen LogP contribution in [0.15, 0.2) is 12.3 Å². The smallest absolute Gasteiger partial charge is 0.419 e. The molecule has 0 radical (unpaired) electrons. The van der Waals surface area contributed by atoms with Crippen LogP contribution in [0.1, 0.15) is 18.4 Å². The first-order chi connectivity index (χ1) is 15.8. The molecule has 0 saturated carbocycles. The topological polar surface area (TPSA) is 113 Å². The van der Waals surface area contributed by atoms with Gasteiger partial charge in [0.25, 0.3) is 0 Å². The van der Waals surface area contributed by atoms with Crippen molar-refractivity contribution in [1.29, 1.82) is 0 Å². The summed E-state index contributed by atoms with van der Waals surface area (Å²) < 4.78 is 94.6. The van der Waals surface area contributed by atoms with Gasteiger partial charge >= 0.3 is 6.18 Å². The second-order valence-corrected chi connectivity index (χ2v) is 9.76. The van der Waals surface area contributed by atoms with E-state index >= 15 is 0 Å². The van der Waals surface area contributed by atoms with Crippen molar-refractivity contribution in [3.8, 4) is 17.0 Å². The van der Waals surface area contributed by atoms with Crippen LogP contribution in [0.25, 0.3) is 22.3 Å². The average Bonchev–Trinajstić information content (AvgIpc) is 3.06. The van der Waals surface area contributed by atoms with Crippen molar-refractivity contribution in [2.24, 2.45) is 7.05 Å². The molecule has 1 aliphatic rings. The van der Waals surface area contributed by atoms with Crippen LogP contribution in [-0.2, 0) is 23.2 Å². The summed E-state index contributed by atoms with van der Waals surface area (Å²) in [7, 11) is -1.90. The maximum Gasteiger partial charge on any atom is 0.419 e. The third-order valence-electron chi connectivity index (χ3n) is 5.46. The predicted molar refractivity (Wildman–Crippen MR) is 112 cm³/mol. The molecule has 4 rings (SSSR count). The second kappa shape index (κ2) is 8.30. The van der Waals surface area contributed by atoms with Crippen LogP contribution in [0.3, 0.4) is 0 Å². The summed E-state index contributed by atoms with van der Waals surface area (Å²) in [6.45, 7) is 0.887. The van der Waals surface area contributed by atoms with Crippen LogP contribution in [-0.4, -0.2) is 58.7 Å². The Morgan fingerprint density at radius 2 is 1.82 bits per heavy atom. The predicted octanol–water partition coefficient (Wildman–Crippen LogP) is 2.55. The number of nitrogens with zero attached hydrogens (tertiary/aromatic N) is 5. The SMILES string of the molecule is Cn1nc(-c2cc(C(F)(F)F)c(F)c(O)c2F)c2cnc(N3CCC(NS(C)(=O)=O)CC3)nc21. The highest BCUT2D eigenvalue weighted by Gasteiger charge is 2.38. The van der Waals surface area contributed by atoms with E-state index in [1.54, 1.807) is 4.90 Å². The van der Waals surface area contributed by atoms with E-state index < -0.39 is 44.7 Å². The Balaban J connectivity index is 1.70. The van der Waals surface area contributed by atoms with Crippen LogP contribution >= 0.6 is 0 Å². The molecule has 2 N–H and O–H groups in total. The minimum absolute atomic E-state index is 0.0953. The number of hydrogen-bond acceptors (Lipinski definition) is 7. The van der Waals surface area contributed by atoms with E-state index in [0.29, 0.717) is 25.9 Å². The molecule has 2 aromatic heterocycles. The number of hydrogen-bond donors (Lipinski definition) is 2. The lowest BCUT2D eigenvalue weighted by molar-refractivity contribution is -0.140. The summed E-state index contributed by atoms with van der Waals surface area (Å²) in [6.07, 6.45) is -1.82. The fourth-order valence-corrected chi connectivity index (χ4v) is 4.72. The van der Waals surface area contributed by atoms with E-state index in [1.165, 1.54) is 17.9 Å². The van der Waals surface area contributed by atoms with Gasteiger partial charge in [0.15, 0.2) is 23.0 Å². The third-order valence-corrected chi connectivity index (χ3v) is 6.23. The Labute approximate surface area is 190 Å². The van der Waals surface area contributed by atoms with Gasteiger partial charge in [0.1, 0.15) is 5.69 Å². The summed E-state index contributed by atoms with van der Waals surface area (Å²) in [5.41, 5.74) is -2.70. The number of aromatic hydroxyl groups is 1. The Hall–Kier alpha value is -3.07. The number of aryl methyl sites for hydroxylation is 1. The van der Waals surface area contributed by atoms with Gasteiger partial charge in [-0.25, -0.2) is 31.6 Å². The molecule has 1 saturated heterocycles. The molecule has 3 heterocycles. The van der Waals surface area contributed by atoms with Gasteiger partial charge in [0.2, 0.25) is 16.0 Å². The van der Waals surface area contributed by atoms with E-state index in [2.05, 4.69) is 19.8 Å². The lowest BCUT2D eigenvalue weighted by Crippen LogP contribution is -2.44. The number of nitrogens with one attached hydrogen (secondary N) is 1. The van der Waals surface area contributed by atoms with E-state index in [-0.39, 0.29) is 34.8 Å². The Morgan fingerprint density at radius 3 is 2.41 bits per heavy atom. The molecule has 0 amide bonds. The highest BCUT2D eigenvalue weighted by Crippen LogP contribution is 2.41. The van der Waals surface area contributed by atoms with Gasteiger partial charge in [-0.2, -0.15) is 23.3 Å². The molecule has 0 unspecified atom stereocenters. The molecular formula is C19H19F5N6O3S. The number of rotatable bonds is 4. The fourth-order valence-electron chi connectivity index (χ4n) is 3.88. The van der Waals surface area contributed by atoms with Crippen molar-refractivity contribution in [3.05, 3.63) is 29.5 Å². The van der Waals surface area contributed by atoms with Gasteiger partial charge in [-0.05, 0) is 18.9 Å². The summed E-state index contributed by atoms with van der Waals surface area (Å²) in [4.78, 5) is 10.4. The van der Waals surface area contributed by atoms with Crippen molar-refractivity contribution in [2.75, 3.05) is 24.2 Å². The monoisotopic (exact) mass is 506 g/mol. The van der Waals surface area contributed by atoms with Crippen LogP contribution in [0.5, 0.6) is 5.75 Å². The normalized spacial score (nSPS) is 15.9. The number of fused-ring (bicyclic) bond motifs is 1. The van der Waals surface area contributed by atoms with E-state index in [4.69, 9.17) is 0 Å². The minimum Gasteiger partial charge on any atom is -0.503 e. The number of anilines is 1. The summed E-state index contributed by atoms with van der Waals surface area (Å²) >= 11 is 0. The Bertz CT molecular complexity index is 1370. The number of sulfonamides is 1.